The molecule has 5 heteroatoms. The lowest BCUT2D eigenvalue weighted by Crippen LogP contribution is -2.00. The van der Waals surface area contributed by atoms with Gasteiger partial charge >= 0.3 is 0 Å². The molecule has 0 aliphatic rings. The molecule has 2 rings (SSSR count). The average Bonchev–Trinajstić information content (AvgIpc) is 2.30. The average molecular weight is 216 g/mol. The molecule has 5 nitrogen and oxygen atoms in total. The Bertz CT molecular complexity index is 487. The standard InChI is InChI=1S/C11H12N4O/c1-16-11-9(13-4-5-15-11)6-8-2-3-14-10(12)7-8/h2-5,7H,6H2,1H3,(H2,12,14). The summed E-state index contributed by atoms with van der Waals surface area (Å²) in [4.78, 5) is 12.2. The third-order valence-corrected chi connectivity index (χ3v) is 2.15. The first-order valence-electron chi connectivity index (χ1n) is 4.84. The van der Waals surface area contributed by atoms with E-state index in [9.17, 15) is 0 Å². The van der Waals surface area contributed by atoms with Crippen molar-refractivity contribution in [2.24, 2.45) is 0 Å². The van der Waals surface area contributed by atoms with Gasteiger partial charge in [0.25, 0.3) is 0 Å². The molecule has 0 unspecified atom stereocenters. The van der Waals surface area contributed by atoms with Gasteiger partial charge < -0.3 is 10.5 Å². The quantitative estimate of drug-likeness (QED) is 0.830. The van der Waals surface area contributed by atoms with Gasteiger partial charge in [0.05, 0.1) is 7.11 Å². The van der Waals surface area contributed by atoms with Gasteiger partial charge in [-0.25, -0.2) is 9.97 Å². The molecule has 0 atom stereocenters. The Kier molecular flexibility index (Phi) is 2.95. The van der Waals surface area contributed by atoms with Crippen molar-refractivity contribution >= 4 is 5.82 Å². The van der Waals surface area contributed by atoms with Crippen LogP contribution in [-0.4, -0.2) is 22.1 Å². The zero-order chi connectivity index (χ0) is 11.4. The first kappa shape index (κ1) is 10.4. The predicted octanol–water partition coefficient (Wildman–Crippen LogP) is 1.05. The van der Waals surface area contributed by atoms with E-state index in [1.54, 1.807) is 25.7 Å². The van der Waals surface area contributed by atoms with Gasteiger partial charge in [-0.1, -0.05) is 0 Å². The van der Waals surface area contributed by atoms with Crippen LogP contribution in [0, 0.1) is 0 Å². The fourth-order valence-electron chi connectivity index (χ4n) is 1.44. The van der Waals surface area contributed by atoms with Crippen molar-refractivity contribution in [3.05, 3.63) is 42.0 Å². The second kappa shape index (κ2) is 4.57. The summed E-state index contributed by atoms with van der Waals surface area (Å²) in [5.74, 6) is 1.04. The number of rotatable bonds is 3. The molecule has 0 aliphatic carbocycles. The Hall–Kier alpha value is -2.17. The van der Waals surface area contributed by atoms with Crippen molar-refractivity contribution in [3.63, 3.8) is 0 Å². The second-order valence-corrected chi connectivity index (χ2v) is 3.28. The summed E-state index contributed by atoms with van der Waals surface area (Å²) in [5.41, 5.74) is 7.43. The normalized spacial score (nSPS) is 10.1. The predicted molar refractivity (Wildman–Crippen MR) is 60.0 cm³/mol. The van der Waals surface area contributed by atoms with Gasteiger partial charge in [-0.15, -0.1) is 0 Å². The molecule has 2 aromatic rings. The summed E-state index contributed by atoms with van der Waals surface area (Å²) in [6.07, 6.45) is 5.54. The summed E-state index contributed by atoms with van der Waals surface area (Å²) in [5, 5.41) is 0. The van der Waals surface area contributed by atoms with Crippen LogP contribution < -0.4 is 10.5 Å². The molecular weight excluding hydrogens is 204 g/mol. The molecule has 0 aliphatic heterocycles. The van der Waals surface area contributed by atoms with Crippen LogP contribution in [0.25, 0.3) is 0 Å². The third-order valence-electron chi connectivity index (χ3n) is 2.15. The molecule has 0 fully saturated rings. The highest BCUT2D eigenvalue weighted by molar-refractivity contribution is 5.35. The maximum absolute atomic E-state index is 5.60. The SMILES string of the molecule is COc1nccnc1Cc1ccnc(N)c1. The molecule has 2 heterocycles. The summed E-state index contributed by atoms with van der Waals surface area (Å²) < 4.78 is 5.13. The molecule has 16 heavy (non-hydrogen) atoms. The minimum absolute atomic E-state index is 0.500. The van der Waals surface area contributed by atoms with Crippen LogP contribution >= 0.6 is 0 Å². The van der Waals surface area contributed by atoms with Crippen molar-refractivity contribution in [1.29, 1.82) is 0 Å². The zero-order valence-corrected chi connectivity index (χ0v) is 8.92. The lowest BCUT2D eigenvalue weighted by atomic mass is 10.1. The van der Waals surface area contributed by atoms with Crippen LogP contribution in [0.3, 0.4) is 0 Å². The van der Waals surface area contributed by atoms with Crippen molar-refractivity contribution in [2.75, 3.05) is 12.8 Å². The minimum Gasteiger partial charge on any atom is -0.480 e. The lowest BCUT2D eigenvalue weighted by Gasteiger charge is -2.05. The third kappa shape index (κ3) is 2.25. The Morgan fingerprint density at radius 3 is 2.75 bits per heavy atom. The fraction of sp³-hybridized carbons (Fsp3) is 0.182. The number of ether oxygens (including phenoxy) is 1. The van der Waals surface area contributed by atoms with Crippen LogP contribution in [0.2, 0.25) is 0 Å². The number of anilines is 1. The lowest BCUT2D eigenvalue weighted by molar-refractivity contribution is 0.390. The number of nitrogen functional groups attached to an aromatic ring is 1. The summed E-state index contributed by atoms with van der Waals surface area (Å²) in [6, 6.07) is 3.71. The zero-order valence-electron chi connectivity index (χ0n) is 8.92. The van der Waals surface area contributed by atoms with Crippen molar-refractivity contribution in [3.8, 4) is 5.88 Å². The Labute approximate surface area is 93.3 Å². The van der Waals surface area contributed by atoms with Crippen LogP contribution in [0.15, 0.2) is 30.7 Å². The van der Waals surface area contributed by atoms with Gasteiger partial charge in [-0.2, -0.15) is 0 Å². The first-order chi connectivity index (χ1) is 7.79. The van der Waals surface area contributed by atoms with Crippen molar-refractivity contribution in [2.45, 2.75) is 6.42 Å². The van der Waals surface area contributed by atoms with E-state index in [-0.39, 0.29) is 0 Å². The van der Waals surface area contributed by atoms with E-state index >= 15 is 0 Å². The molecule has 0 radical (unpaired) electrons. The van der Waals surface area contributed by atoms with Gasteiger partial charge in [0.15, 0.2) is 0 Å². The van der Waals surface area contributed by atoms with Gasteiger partial charge in [0, 0.05) is 25.0 Å². The number of hydrogen-bond donors (Lipinski definition) is 1. The van der Waals surface area contributed by atoms with Crippen LogP contribution in [0.5, 0.6) is 5.88 Å². The summed E-state index contributed by atoms with van der Waals surface area (Å²) in [6.45, 7) is 0. The van der Waals surface area contributed by atoms with E-state index in [2.05, 4.69) is 15.0 Å². The fourth-order valence-corrected chi connectivity index (χ4v) is 1.44. The van der Waals surface area contributed by atoms with Crippen LogP contribution in [0.1, 0.15) is 11.3 Å². The van der Waals surface area contributed by atoms with E-state index < -0.39 is 0 Å². The first-order valence-corrected chi connectivity index (χ1v) is 4.84. The second-order valence-electron chi connectivity index (χ2n) is 3.28. The van der Waals surface area contributed by atoms with E-state index in [0.29, 0.717) is 18.1 Å². The number of pyridine rings is 1. The minimum atomic E-state index is 0.500. The summed E-state index contributed by atoms with van der Waals surface area (Å²) in [7, 11) is 1.58. The van der Waals surface area contributed by atoms with E-state index in [1.807, 2.05) is 12.1 Å². The number of hydrogen-bond acceptors (Lipinski definition) is 5. The Morgan fingerprint density at radius 1 is 1.19 bits per heavy atom. The molecule has 0 saturated carbocycles. The number of nitrogens with zero attached hydrogens (tertiary/aromatic N) is 3. The molecule has 2 aromatic heterocycles. The molecule has 2 N–H and O–H groups in total. The van der Waals surface area contributed by atoms with E-state index in [4.69, 9.17) is 10.5 Å². The molecule has 0 saturated heterocycles. The maximum Gasteiger partial charge on any atom is 0.235 e. The van der Waals surface area contributed by atoms with Crippen LogP contribution in [-0.2, 0) is 6.42 Å². The van der Waals surface area contributed by atoms with Crippen LogP contribution in [0.4, 0.5) is 5.82 Å². The molecule has 0 spiro atoms. The largest absolute Gasteiger partial charge is 0.480 e. The molecule has 0 amide bonds. The van der Waals surface area contributed by atoms with E-state index in [1.165, 1.54) is 0 Å². The molecular formula is C11H12N4O. The highest BCUT2D eigenvalue weighted by atomic mass is 16.5. The number of aromatic nitrogens is 3. The van der Waals surface area contributed by atoms with Gasteiger partial charge in [-0.05, 0) is 17.7 Å². The summed E-state index contributed by atoms with van der Waals surface area (Å²) >= 11 is 0. The van der Waals surface area contributed by atoms with Gasteiger partial charge in [0.2, 0.25) is 5.88 Å². The number of nitrogens with two attached hydrogens (primary N) is 1. The molecule has 0 aromatic carbocycles. The highest BCUT2D eigenvalue weighted by Gasteiger charge is 2.06. The van der Waals surface area contributed by atoms with Gasteiger partial charge in [-0.3, -0.25) is 4.98 Å². The topological polar surface area (TPSA) is 73.9 Å². The molecule has 0 bridgehead atoms. The Balaban J connectivity index is 2.26. The monoisotopic (exact) mass is 216 g/mol. The number of methoxy groups -OCH3 is 1. The highest BCUT2D eigenvalue weighted by Crippen LogP contribution is 2.16. The van der Waals surface area contributed by atoms with Crippen molar-refractivity contribution in [1.82, 2.24) is 15.0 Å². The molecule has 82 valence electrons. The van der Waals surface area contributed by atoms with Gasteiger partial charge in [0.1, 0.15) is 11.5 Å². The maximum atomic E-state index is 5.60. The van der Waals surface area contributed by atoms with E-state index in [0.717, 1.165) is 11.3 Å². The smallest absolute Gasteiger partial charge is 0.235 e. The van der Waals surface area contributed by atoms with Crippen molar-refractivity contribution < 1.29 is 4.74 Å². The Morgan fingerprint density at radius 2 is 2.00 bits per heavy atom.